The molecule has 0 aliphatic rings. The lowest BCUT2D eigenvalue weighted by molar-refractivity contribution is 0.0488. The molecule has 4 aromatic rings. The van der Waals surface area contributed by atoms with Gasteiger partial charge in [-0.05, 0) is 48.9 Å². The highest BCUT2D eigenvalue weighted by Crippen LogP contribution is 2.31. The Labute approximate surface area is 163 Å². The molecule has 0 aliphatic heterocycles. The number of rotatable bonds is 6. The van der Waals surface area contributed by atoms with E-state index >= 15 is 0 Å². The van der Waals surface area contributed by atoms with Crippen molar-refractivity contribution in [2.75, 3.05) is 13.7 Å². The molecule has 0 amide bonds. The molecule has 142 valence electrons. The average molecular weight is 375 g/mol. The first-order valence-electron chi connectivity index (χ1n) is 9.18. The number of benzene rings is 2. The summed E-state index contributed by atoms with van der Waals surface area (Å²) in [6.07, 6.45) is 0. The molecule has 0 fully saturated rings. The fourth-order valence-corrected chi connectivity index (χ4v) is 3.33. The number of hydrogen-bond donors (Lipinski definition) is 0. The van der Waals surface area contributed by atoms with Crippen molar-refractivity contribution in [3.8, 4) is 17.0 Å². The van der Waals surface area contributed by atoms with Gasteiger partial charge in [0, 0.05) is 16.6 Å². The van der Waals surface area contributed by atoms with Gasteiger partial charge in [0.1, 0.15) is 11.5 Å². The van der Waals surface area contributed by atoms with Crippen molar-refractivity contribution in [3.05, 3.63) is 78.3 Å². The third-order valence-corrected chi connectivity index (χ3v) is 4.63. The van der Waals surface area contributed by atoms with Crippen molar-refractivity contribution < 1.29 is 18.7 Å². The van der Waals surface area contributed by atoms with Crippen LogP contribution in [0.2, 0.25) is 0 Å². The van der Waals surface area contributed by atoms with E-state index in [4.69, 9.17) is 13.9 Å². The smallest absolute Gasteiger partial charge is 0.374 e. The predicted octanol–water partition coefficient (Wildman–Crippen LogP) is 5.13. The molecule has 0 spiro atoms. The Hall–Kier alpha value is -3.47. The van der Waals surface area contributed by atoms with Crippen molar-refractivity contribution in [1.29, 1.82) is 0 Å². The lowest BCUT2D eigenvalue weighted by Crippen LogP contribution is -2.03. The molecule has 2 aromatic carbocycles. The molecule has 0 N–H and O–H groups in total. The quantitative estimate of drug-likeness (QED) is 0.438. The van der Waals surface area contributed by atoms with Gasteiger partial charge in [-0.25, -0.2) is 4.79 Å². The molecule has 0 atom stereocenters. The first-order valence-corrected chi connectivity index (χ1v) is 9.18. The van der Waals surface area contributed by atoms with Crippen LogP contribution in [0.5, 0.6) is 5.75 Å². The third kappa shape index (κ3) is 3.39. The predicted molar refractivity (Wildman–Crippen MR) is 108 cm³/mol. The molecule has 0 unspecified atom stereocenters. The van der Waals surface area contributed by atoms with Gasteiger partial charge in [0.2, 0.25) is 5.76 Å². The minimum atomic E-state index is -0.445. The van der Waals surface area contributed by atoms with Gasteiger partial charge in [0.25, 0.3) is 0 Å². The molecule has 4 rings (SSSR count). The summed E-state index contributed by atoms with van der Waals surface area (Å²) in [7, 11) is 1.66. The molecule has 0 bridgehead atoms. The van der Waals surface area contributed by atoms with Crippen LogP contribution in [-0.4, -0.2) is 24.3 Å². The van der Waals surface area contributed by atoms with Gasteiger partial charge in [-0.1, -0.05) is 30.3 Å². The summed E-state index contributed by atoms with van der Waals surface area (Å²) in [5, 5.41) is 1.08. The topological polar surface area (TPSA) is 53.6 Å². The minimum absolute atomic E-state index is 0.219. The number of carbonyl (C=O) groups is 1. The fraction of sp³-hybridized carbons (Fsp3) is 0.174. The zero-order valence-corrected chi connectivity index (χ0v) is 15.8. The SMILES string of the molecule is CCOC(=O)c1ccc(Cn2c(-c3ccccc3)cc3cc(OC)ccc32)o1. The molecule has 5 heteroatoms. The van der Waals surface area contributed by atoms with Crippen molar-refractivity contribution in [2.24, 2.45) is 0 Å². The largest absolute Gasteiger partial charge is 0.497 e. The highest BCUT2D eigenvalue weighted by atomic mass is 16.5. The molecule has 5 nitrogen and oxygen atoms in total. The molecule has 0 saturated heterocycles. The number of carbonyl (C=O) groups excluding carboxylic acids is 1. The second-order valence-electron chi connectivity index (χ2n) is 6.39. The lowest BCUT2D eigenvalue weighted by atomic mass is 10.1. The van der Waals surface area contributed by atoms with Gasteiger partial charge in [-0.15, -0.1) is 0 Å². The van der Waals surface area contributed by atoms with E-state index in [1.807, 2.05) is 42.5 Å². The van der Waals surface area contributed by atoms with Gasteiger partial charge >= 0.3 is 5.97 Å². The van der Waals surface area contributed by atoms with Crippen LogP contribution in [0.25, 0.3) is 22.2 Å². The van der Waals surface area contributed by atoms with Crippen LogP contribution in [-0.2, 0) is 11.3 Å². The van der Waals surface area contributed by atoms with E-state index in [2.05, 4.69) is 22.8 Å². The van der Waals surface area contributed by atoms with Crippen molar-refractivity contribution in [1.82, 2.24) is 4.57 Å². The van der Waals surface area contributed by atoms with E-state index < -0.39 is 5.97 Å². The fourth-order valence-electron chi connectivity index (χ4n) is 3.33. The monoisotopic (exact) mass is 375 g/mol. The second-order valence-corrected chi connectivity index (χ2v) is 6.39. The third-order valence-electron chi connectivity index (χ3n) is 4.63. The summed E-state index contributed by atoms with van der Waals surface area (Å²) in [5.41, 5.74) is 3.24. The van der Waals surface area contributed by atoms with Gasteiger partial charge in [0.05, 0.1) is 20.3 Å². The molecule has 0 aliphatic carbocycles. The number of furan rings is 1. The number of hydrogen-bond acceptors (Lipinski definition) is 4. The van der Waals surface area contributed by atoms with Crippen molar-refractivity contribution in [2.45, 2.75) is 13.5 Å². The Morgan fingerprint density at radius 2 is 1.86 bits per heavy atom. The van der Waals surface area contributed by atoms with Crippen molar-refractivity contribution >= 4 is 16.9 Å². The van der Waals surface area contributed by atoms with Crippen LogP contribution in [0, 0.1) is 0 Å². The zero-order valence-electron chi connectivity index (χ0n) is 15.8. The highest BCUT2D eigenvalue weighted by molar-refractivity contribution is 5.88. The van der Waals surface area contributed by atoms with Gasteiger partial charge in [0.15, 0.2) is 0 Å². The van der Waals surface area contributed by atoms with E-state index in [-0.39, 0.29) is 5.76 Å². The van der Waals surface area contributed by atoms with Crippen LogP contribution in [0.1, 0.15) is 23.2 Å². The van der Waals surface area contributed by atoms with E-state index in [9.17, 15) is 4.79 Å². The molecule has 0 saturated carbocycles. The minimum Gasteiger partial charge on any atom is -0.497 e. The number of methoxy groups -OCH3 is 1. The van der Waals surface area contributed by atoms with E-state index in [1.165, 1.54) is 0 Å². The number of aromatic nitrogens is 1. The van der Waals surface area contributed by atoms with Gasteiger partial charge in [-0.2, -0.15) is 0 Å². The summed E-state index contributed by atoms with van der Waals surface area (Å²) in [5.74, 6) is 1.27. The Bertz CT molecular complexity index is 1110. The summed E-state index contributed by atoms with van der Waals surface area (Å²) in [6, 6.07) is 21.8. The van der Waals surface area contributed by atoms with Crippen LogP contribution in [0.3, 0.4) is 0 Å². The van der Waals surface area contributed by atoms with Crippen LogP contribution in [0.15, 0.2) is 71.1 Å². The first kappa shape index (κ1) is 17.9. The molecule has 28 heavy (non-hydrogen) atoms. The Morgan fingerprint density at radius 3 is 2.61 bits per heavy atom. The molecule has 2 aromatic heterocycles. The summed E-state index contributed by atoms with van der Waals surface area (Å²) < 4.78 is 18.3. The molecule has 0 radical (unpaired) electrons. The zero-order chi connectivity index (χ0) is 19.5. The maximum Gasteiger partial charge on any atom is 0.374 e. The molecule has 2 heterocycles. The number of ether oxygens (including phenoxy) is 2. The van der Waals surface area contributed by atoms with E-state index in [0.717, 1.165) is 27.9 Å². The lowest BCUT2D eigenvalue weighted by Gasteiger charge is -2.10. The maximum absolute atomic E-state index is 11.9. The number of esters is 1. The Morgan fingerprint density at radius 1 is 1.04 bits per heavy atom. The Balaban J connectivity index is 1.77. The first-order chi connectivity index (χ1) is 13.7. The average Bonchev–Trinajstić information content (AvgIpc) is 3.34. The number of nitrogens with zero attached hydrogens (tertiary/aromatic N) is 1. The van der Waals surface area contributed by atoms with Gasteiger partial charge < -0.3 is 18.5 Å². The highest BCUT2D eigenvalue weighted by Gasteiger charge is 2.16. The summed E-state index contributed by atoms with van der Waals surface area (Å²) >= 11 is 0. The maximum atomic E-state index is 11.9. The Kier molecular flexibility index (Phi) is 4.89. The summed E-state index contributed by atoms with van der Waals surface area (Å²) in [4.78, 5) is 11.9. The van der Waals surface area contributed by atoms with E-state index in [1.54, 1.807) is 20.1 Å². The molecular formula is C23H21NO4. The second kappa shape index (κ2) is 7.64. The van der Waals surface area contributed by atoms with Crippen LogP contribution < -0.4 is 4.74 Å². The van der Waals surface area contributed by atoms with E-state index in [0.29, 0.717) is 18.9 Å². The van der Waals surface area contributed by atoms with Crippen LogP contribution >= 0.6 is 0 Å². The summed E-state index contributed by atoms with van der Waals surface area (Å²) in [6.45, 7) is 2.59. The number of fused-ring (bicyclic) bond motifs is 1. The molecular weight excluding hydrogens is 354 g/mol. The van der Waals surface area contributed by atoms with Gasteiger partial charge in [-0.3, -0.25) is 0 Å². The normalized spacial score (nSPS) is 10.9. The van der Waals surface area contributed by atoms with Crippen LogP contribution in [0.4, 0.5) is 0 Å². The van der Waals surface area contributed by atoms with Crippen molar-refractivity contribution in [3.63, 3.8) is 0 Å². The standard InChI is InChI=1S/C23H21NO4/c1-3-27-23(25)22-12-10-19(28-22)15-24-20-11-9-18(26-2)13-17(20)14-21(24)16-7-5-4-6-8-16/h4-14H,3,15H2,1-2H3.